The lowest BCUT2D eigenvalue weighted by atomic mass is 9.89. The summed E-state index contributed by atoms with van der Waals surface area (Å²) in [5.74, 6) is 0. The molecule has 1 heterocycles. The van der Waals surface area contributed by atoms with Gasteiger partial charge in [0.25, 0.3) is 0 Å². The van der Waals surface area contributed by atoms with Crippen LogP contribution in [0.15, 0.2) is 12.4 Å². The normalized spacial score (nSPS) is 16.5. The van der Waals surface area contributed by atoms with E-state index in [1.165, 1.54) is 5.56 Å². The molecule has 4 nitrogen and oxygen atoms in total. The number of likely N-dealkylation sites (N-methyl/N-ethyl adjacent to an activating group) is 1. The minimum Gasteiger partial charge on any atom is -0.374 e. The fraction of sp³-hybridized carbons (Fsp3) is 0.786. The highest BCUT2D eigenvalue weighted by atomic mass is 16.5. The second-order valence-corrected chi connectivity index (χ2v) is 4.85. The van der Waals surface area contributed by atoms with Crippen LogP contribution in [0.3, 0.4) is 0 Å². The summed E-state index contributed by atoms with van der Waals surface area (Å²) < 4.78 is 7.91. The highest BCUT2D eigenvalue weighted by Gasteiger charge is 2.32. The van der Waals surface area contributed by atoms with Crippen LogP contribution in [0.5, 0.6) is 0 Å². The molecule has 1 aromatic heterocycles. The molecule has 0 saturated heterocycles. The van der Waals surface area contributed by atoms with Crippen LogP contribution in [-0.2, 0) is 17.7 Å². The number of ether oxygens (including phenoxy) is 1. The van der Waals surface area contributed by atoms with Gasteiger partial charge in [0, 0.05) is 25.4 Å². The molecule has 0 aliphatic heterocycles. The zero-order valence-electron chi connectivity index (χ0n) is 12.4. The van der Waals surface area contributed by atoms with Gasteiger partial charge >= 0.3 is 0 Å². The molecule has 2 atom stereocenters. The maximum atomic E-state index is 5.95. The van der Waals surface area contributed by atoms with E-state index in [2.05, 4.69) is 44.3 Å². The number of nitrogens with zero attached hydrogens (tertiary/aromatic N) is 2. The Balaban J connectivity index is 2.76. The predicted molar refractivity (Wildman–Crippen MR) is 74.8 cm³/mol. The summed E-state index contributed by atoms with van der Waals surface area (Å²) in [5.41, 5.74) is 1.13. The molecule has 0 amide bonds. The minimum absolute atomic E-state index is 0.127. The number of hydrogen-bond donors (Lipinski definition) is 1. The van der Waals surface area contributed by atoms with Crippen LogP contribution in [0, 0.1) is 0 Å². The van der Waals surface area contributed by atoms with Crippen LogP contribution < -0.4 is 5.32 Å². The molecule has 104 valence electrons. The molecule has 0 spiro atoms. The zero-order chi connectivity index (χ0) is 13.6. The Hall–Kier alpha value is -0.870. The lowest BCUT2D eigenvalue weighted by molar-refractivity contribution is -0.0534. The fourth-order valence-electron chi connectivity index (χ4n) is 2.32. The van der Waals surface area contributed by atoms with Crippen LogP contribution >= 0.6 is 0 Å². The van der Waals surface area contributed by atoms with Gasteiger partial charge in [-0.3, -0.25) is 4.68 Å². The largest absolute Gasteiger partial charge is 0.374 e. The number of nitrogens with one attached hydrogen (secondary N) is 1. The van der Waals surface area contributed by atoms with Gasteiger partial charge in [-0.1, -0.05) is 6.92 Å². The quantitative estimate of drug-likeness (QED) is 0.772. The summed E-state index contributed by atoms with van der Waals surface area (Å²) in [4.78, 5) is 0. The van der Waals surface area contributed by atoms with Crippen LogP contribution in [0.25, 0.3) is 0 Å². The van der Waals surface area contributed by atoms with Crippen molar-refractivity contribution in [1.82, 2.24) is 15.1 Å². The van der Waals surface area contributed by atoms with Crippen molar-refractivity contribution in [2.75, 3.05) is 13.7 Å². The molecule has 0 bridgehead atoms. The van der Waals surface area contributed by atoms with E-state index in [0.717, 1.165) is 26.0 Å². The number of aromatic nitrogens is 2. The first-order chi connectivity index (χ1) is 8.59. The highest BCUT2D eigenvalue weighted by molar-refractivity contribution is 5.09. The van der Waals surface area contributed by atoms with Gasteiger partial charge < -0.3 is 10.1 Å². The van der Waals surface area contributed by atoms with E-state index >= 15 is 0 Å². The van der Waals surface area contributed by atoms with Gasteiger partial charge in [-0.2, -0.15) is 5.10 Å². The molecule has 0 saturated carbocycles. The van der Waals surface area contributed by atoms with E-state index < -0.39 is 0 Å². The summed E-state index contributed by atoms with van der Waals surface area (Å²) in [6, 6.07) is 0.303. The van der Waals surface area contributed by atoms with Crippen molar-refractivity contribution >= 4 is 0 Å². The van der Waals surface area contributed by atoms with Crippen molar-refractivity contribution < 1.29 is 4.74 Å². The summed E-state index contributed by atoms with van der Waals surface area (Å²) >= 11 is 0. The summed E-state index contributed by atoms with van der Waals surface area (Å²) in [6.07, 6.45) is 6.01. The highest BCUT2D eigenvalue weighted by Crippen LogP contribution is 2.23. The van der Waals surface area contributed by atoms with Crippen LogP contribution in [0.1, 0.15) is 39.7 Å². The Labute approximate surface area is 111 Å². The molecule has 1 N–H and O–H groups in total. The second-order valence-electron chi connectivity index (χ2n) is 4.85. The van der Waals surface area contributed by atoms with Crippen molar-refractivity contribution in [3.8, 4) is 0 Å². The molecule has 0 fully saturated rings. The Kier molecular flexibility index (Phi) is 5.82. The first-order valence-electron chi connectivity index (χ1n) is 6.92. The van der Waals surface area contributed by atoms with Crippen molar-refractivity contribution in [2.45, 2.75) is 58.7 Å². The van der Waals surface area contributed by atoms with Gasteiger partial charge in [0.05, 0.1) is 11.8 Å². The standard InChI is InChI=1S/C14H27N3O/c1-6-14(4,18-8-3)13(15-5)9-12-10-16-17(7-2)11-12/h10-11,13,15H,6-9H2,1-5H3. The van der Waals surface area contributed by atoms with Gasteiger partial charge in [0.2, 0.25) is 0 Å². The first kappa shape index (κ1) is 15.2. The van der Waals surface area contributed by atoms with E-state index in [4.69, 9.17) is 4.74 Å². The number of aryl methyl sites for hydroxylation is 1. The van der Waals surface area contributed by atoms with Crippen LogP contribution in [-0.4, -0.2) is 35.1 Å². The first-order valence-corrected chi connectivity index (χ1v) is 6.92. The molecule has 2 unspecified atom stereocenters. The molecule has 18 heavy (non-hydrogen) atoms. The third-order valence-corrected chi connectivity index (χ3v) is 3.71. The third-order valence-electron chi connectivity index (χ3n) is 3.71. The van der Waals surface area contributed by atoms with E-state index in [1.54, 1.807) is 0 Å². The Morgan fingerprint density at radius 1 is 1.44 bits per heavy atom. The molecule has 4 heteroatoms. The topological polar surface area (TPSA) is 39.1 Å². The second kappa shape index (κ2) is 6.90. The summed E-state index contributed by atoms with van der Waals surface area (Å²) in [7, 11) is 2.00. The average Bonchev–Trinajstić information content (AvgIpc) is 2.83. The van der Waals surface area contributed by atoms with E-state index in [-0.39, 0.29) is 5.60 Å². The minimum atomic E-state index is -0.127. The van der Waals surface area contributed by atoms with Gasteiger partial charge in [-0.25, -0.2) is 0 Å². The molecule has 1 aromatic rings. The maximum absolute atomic E-state index is 5.95. The van der Waals surface area contributed by atoms with E-state index in [1.807, 2.05) is 17.9 Å². The summed E-state index contributed by atoms with van der Waals surface area (Å²) in [6.45, 7) is 10.2. The number of hydrogen-bond acceptors (Lipinski definition) is 3. The molecular weight excluding hydrogens is 226 g/mol. The SMILES string of the molecule is CCOC(C)(CC)C(Cc1cnn(CC)c1)NC. The average molecular weight is 253 g/mol. The van der Waals surface area contributed by atoms with Crippen molar-refractivity contribution in [1.29, 1.82) is 0 Å². The van der Waals surface area contributed by atoms with E-state index in [9.17, 15) is 0 Å². The number of rotatable bonds is 8. The lowest BCUT2D eigenvalue weighted by Crippen LogP contribution is -2.50. The molecule has 0 aliphatic rings. The Morgan fingerprint density at radius 2 is 2.17 bits per heavy atom. The monoisotopic (exact) mass is 253 g/mol. The Bertz CT molecular complexity index is 351. The van der Waals surface area contributed by atoms with Crippen molar-refractivity contribution in [3.63, 3.8) is 0 Å². The van der Waals surface area contributed by atoms with Gasteiger partial charge in [0.15, 0.2) is 0 Å². The predicted octanol–water partition coefficient (Wildman–Crippen LogP) is 2.24. The molecular formula is C14H27N3O. The molecule has 0 aromatic carbocycles. The molecule has 1 rings (SSSR count). The van der Waals surface area contributed by atoms with Gasteiger partial charge in [-0.15, -0.1) is 0 Å². The molecule has 0 radical (unpaired) electrons. The zero-order valence-corrected chi connectivity index (χ0v) is 12.4. The van der Waals surface area contributed by atoms with Crippen LogP contribution in [0.4, 0.5) is 0 Å². The smallest absolute Gasteiger partial charge is 0.0807 e. The third kappa shape index (κ3) is 3.56. The van der Waals surface area contributed by atoms with Crippen molar-refractivity contribution in [2.24, 2.45) is 0 Å². The van der Waals surface area contributed by atoms with Gasteiger partial charge in [-0.05, 0) is 46.2 Å². The van der Waals surface area contributed by atoms with Crippen molar-refractivity contribution in [3.05, 3.63) is 18.0 Å². The van der Waals surface area contributed by atoms with Crippen LogP contribution in [0.2, 0.25) is 0 Å². The summed E-state index contributed by atoms with van der Waals surface area (Å²) in [5, 5.41) is 7.72. The lowest BCUT2D eigenvalue weighted by Gasteiger charge is -2.36. The molecule has 0 aliphatic carbocycles. The van der Waals surface area contributed by atoms with E-state index in [0.29, 0.717) is 6.04 Å². The fourth-order valence-corrected chi connectivity index (χ4v) is 2.32. The Morgan fingerprint density at radius 3 is 2.61 bits per heavy atom. The maximum Gasteiger partial charge on any atom is 0.0807 e. The van der Waals surface area contributed by atoms with Gasteiger partial charge in [0.1, 0.15) is 0 Å².